The second-order valence-corrected chi connectivity index (χ2v) is 6.01. The van der Waals surface area contributed by atoms with Gasteiger partial charge in [-0.05, 0) is 23.8 Å². The summed E-state index contributed by atoms with van der Waals surface area (Å²) in [5.74, 6) is -0.317. The third kappa shape index (κ3) is 5.85. The molecule has 0 bridgehead atoms. The number of pyridine rings is 1. The number of nitrogens with zero attached hydrogens (tertiary/aromatic N) is 1. The number of alkyl halides is 3. The van der Waals surface area contributed by atoms with Gasteiger partial charge < -0.3 is 24.5 Å². The van der Waals surface area contributed by atoms with Crippen LogP contribution in [0.15, 0.2) is 42.6 Å². The second-order valence-electron chi connectivity index (χ2n) is 6.01. The van der Waals surface area contributed by atoms with Crippen molar-refractivity contribution >= 4 is 16.8 Å². The summed E-state index contributed by atoms with van der Waals surface area (Å²) in [6.45, 7) is 1.06. The molecule has 0 saturated heterocycles. The molecule has 1 aromatic carbocycles. The monoisotopic (exact) mass is 409 g/mol. The molecule has 0 fully saturated rings. The van der Waals surface area contributed by atoms with Crippen molar-refractivity contribution in [2.45, 2.75) is 12.9 Å². The second kappa shape index (κ2) is 8.82. The Bertz CT molecular complexity index is 971. The van der Waals surface area contributed by atoms with E-state index in [9.17, 15) is 18.0 Å². The number of nitrogens with one attached hydrogen (secondary N) is 2. The maximum atomic E-state index is 12.3. The number of fused-ring (bicyclic) bond motifs is 1. The number of aromatic amines is 1. The maximum absolute atomic E-state index is 12.3. The van der Waals surface area contributed by atoms with E-state index in [4.69, 9.17) is 9.47 Å². The van der Waals surface area contributed by atoms with Gasteiger partial charge in [0.05, 0.1) is 6.61 Å². The van der Waals surface area contributed by atoms with Crippen LogP contribution in [0.2, 0.25) is 0 Å². The van der Waals surface area contributed by atoms with Crippen molar-refractivity contribution in [3.8, 4) is 11.6 Å². The average molecular weight is 409 g/mol. The largest absolute Gasteiger partial charge is 0.573 e. The number of aromatic nitrogens is 2. The average Bonchev–Trinajstić information content (AvgIpc) is 3.09. The van der Waals surface area contributed by atoms with Crippen molar-refractivity contribution in [2.24, 2.45) is 0 Å². The lowest BCUT2D eigenvalue weighted by molar-refractivity contribution is -0.274. The molecule has 29 heavy (non-hydrogen) atoms. The number of hydrogen-bond acceptors (Lipinski definition) is 5. The Morgan fingerprint density at radius 1 is 1.17 bits per heavy atom. The SMILES string of the molecule is COCCOc1ccc(CNC(=O)c2cc3ccc(OC(F)(F)F)cc3[nH]2)cn1. The molecule has 0 unspecified atom stereocenters. The van der Waals surface area contributed by atoms with E-state index in [1.54, 1.807) is 31.5 Å². The van der Waals surface area contributed by atoms with Crippen LogP contribution in [-0.2, 0) is 11.3 Å². The fourth-order valence-electron chi connectivity index (χ4n) is 2.53. The number of carbonyl (C=O) groups is 1. The van der Waals surface area contributed by atoms with E-state index < -0.39 is 12.3 Å². The molecule has 0 aliphatic heterocycles. The zero-order chi connectivity index (χ0) is 20.9. The van der Waals surface area contributed by atoms with Crippen molar-refractivity contribution in [3.05, 3.63) is 53.9 Å². The van der Waals surface area contributed by atoms with Gasteiger partial charge in [-0.2, -0.15) is 0 Å². The number of hydrogen-bond donors (Lipinski definition) is 2. The summed E-state index contributed by atoms with van der Waals surface area (Å²) in [6, 6.07) is 8.81. The molecule has 154 valence electrons. The lowest BCUT2D eigenvalue weighted by Gasteiger charge is -2.08. The predicted molar refractivity (Wildman–Crippen MR) is 97.8 cm³/mol. The van der Waals surface area contributed by atoms with Crippen LogP contribution < -0.4 is 14.8 Å². The molecule has 3 aromatic rings. The number of ether oxygens (including phenoxy) is 3. The van der Waals surface area contributed by atoms with Crippen molar-refractivity contribution in [3.63, 3.8) is 0 Å². The molecular formula is C19H18F3N3O4. The summed E-state index contributed by atoms with van der Waals surface area (Å²) >= 11 is 0. The molecule has 10 heteroatoms. The first-order valence-electron chi connectivity index (χ1n) is 8.57. The first-order chi connectivity index (χ1) is 13.8. The van der Waals surface area contributed by atoms with Crippen molar-refractivity contribution in [2.75, 3.05) is 20.3 Å². The molecule has 0 aliphatic rings. The quantitative estimate of drug-likeness (QED) is 0.557. The van der Waals surface area contributed by atoms with Gasteiger partial charge in [-0.3, -0.25) is 4.79 Å². The van der Waals surface area contributed by atoms with Gasteiger partial charge in [-0.1, -0.05) is 6.07 Å². The van der Waals surface area contributed by atoms with E-state index in [-0.39, 0.29) is 18.0 Å². The molecule has 1 amide bonds. The summed E-state index contributed by atoms with van der Waals surface area (Å²) in [5.41, 5.74) is 1.34. The summed E-state index contributed by atoms with van der Waals surface area (Å²) in [6.07, 6.45) is -3.20. The third-order valence-electron chi connectivity index (χ3n) is 3.86. The molecule has 2 N–H and O–H groups in total. The number of methoxy groups -OCH3 is 1. The maximum Gasteiger partial charge on any atom is 0.573 e. The lowest BCUT2D eigenvalue weighted by Crippen LogP contribution is -2.23. The Balaban J connectivity index is 1.59. The molecule has 2 aromatic heterocycles. The van der Waals surface area contributed by atoms with Gasteiger partial charge in [0.1, 0.15) is 18.1 Å². The standard InChI is InChI=1S/C19H18F3N3O4/c1-27-6-7-28-17-5-2-12(10-23-17)11-24-18(26)16-8-13-3-4-14(9-15(13)25-16)29-19(20,21)22/h2-5,8-10,25H,6-7,11H2,1H3,(H,24,26). The Hall–Kier alpha value is -3.27. The van der Waals surface area contributed by atoms with Crippen molar-refractivity contribution in [1.29, 1.82) is 0 Å². The molecule has 0 aliphatic carbocycles. The van der Waals surface area contributed by atoms with Crippen molar-refractivity contribution < 1.29 is 32.2 Å². The topological polar surface area (TPSA) is 85.5 Å². The molecule has 0 atom stereocenters. The minimum Gasteiger partial charge on any atom is -0.475 e. The Kier molecular flexibility index (Phi) is 6.23. The van der Waals surface area contributed by atoms with E-state index in [0.29, 0.717) is 30.0 Å². The first-order valence-corrected chi connectivity index (χ1v) is 8.57. The highest BCUT2D eigenvalue weighted by Gasteiger charge is 2.31. The van der Waals surface area contributed by atoms with Gasteiger partial charge in [0, 0.05) is 42.9 Å². The van der Waals surface area contributed by atoms with Crippen LogP contribution in [0.4, 0.5) is 13.2 Å². The summed E-state index contributed by atoms with van der Waals surface area (Å²) < 4.78 is 51.1. The fraction of sp³-hybridized carbons (Fsp3) is 0.263. The lowest BCUT2D eigenvalue weighted by atomic mass is 10.2. The van der Waals surface area contributed by atoms with Crippen molar-refractivity contribution in [1.82, 2.24) is 15.3 Å². The molecular weight excluding hydrogens is 391 g/mol. The summed E-state index contributed by atoms with van der Waals surface area (Å²) in [4.78, 5) is 19.3. The van der Waals surface area contributed by atoms with Crippen LogP contribution >= 0.6 is 0 Å². The van der Waals surface area contributed by atoms with Crippen LogP contribution in [-0.4, -0.2) is 42.6 Å². The van der Waals surface area contributed by atoms with Gasteiger partial charge in [0.25, 0.3) is 5.91 Å². The van der Waals surface area contributed by atoms with Crippen LogP contribution in [0.25, 0.3) is 10.9 Å². The highest BCUT2D eigenvalue weighted by molar-refractivity contribution is 5.98. The Morgan fingerprint density at radius 2 is 2.00 bits per heavy atom. The number of carbonyl (C=O) groups excluding carboxylic acids is 1. The number of amides is 1. The zero-order valence-electron chi connectivity index (χ0n) is 15.4. The Labute approximate surface area is 163 Å². The van der Waals surface area contributed by atoms with Gasteiger partial charge in [0.2, 0.25) is 5.88 Å². The van der Waals surface area contributed by atoms with E-state index in [2.05, 4.69) is 20.0 Å². The van der Waals surface area contributed by atoms with Crippen LogP contribution in [0, 0.1) is 0 Å². The van der Waals surface area contributed by atoms with Crippen LogP contribution in [0.3, 0.4) is 0 Å². The smallest absolute Gasteiger partial charge is 0.475 e. The molecule has 0 saturated carbocycles. The molecule has 2 heterocycles. The van der Waals surface area contributed by atoms with Crippen LogP contribution in [0.5, 0.6) is 11.6 Å². The van der Waals surface area contributed by atoms with E-state index >= 15 is 0 Å². The highest BCUT2D eigenvalue weighted by atomic mass is 19.4. The number of H-pyrrole nitrogens is 1. The number of benzene rings is 1. The third-order valence-corrected chi connectivity index (χ3v) is 3.86. The highest BCUT2D eigenvalue weighted by Crippen LogP contribution is 2.26. The van der Waals surface area contributed by atoms with Gasteiger partial charge in [-0.15, -0.1) is 13.2 Å². The van der Waals surface area contributed by atoms with E-state index in [1.807, 2.05) is 0 Å². The molecule has 7 nitrogen and oxygen atoms in total. The zero-order valence-corrected chi connectivity index (χ0v) is 15.4. The van der Waals surface area contributed by atoms with Gasteiger partial charge >= 0.3 is 6.36 Å². The van der Waals surface area contributed by atoms with Gasteiger partial charge in [-0.25, -0.2) is 4.98 Å². The molecule has 0 radical (unpaired) electrons. The predicted octanol–water partition coefficient (Wildman–Crippen LogP) is 3.42. The Morgan fingerprint density at radius 3 is 2.69 bits per heavy atom. The number of halogens is 3. The minimum atomic E-state index is -4.78. The fourth-order valence-corrected chi connectivity index (χ4v) is 2.53. The summed E-state index contributed by atoms with van der Waals surface area (Å²) in [5, 5.41) is 3.31. The van der Waals surface area contributed by atoms with Gasteiger partial charge in [0.15, 0.2) is 0 Å². The summed E-state index contributed by atoms with van der Waals surface area (Å²) in [7, 11) is 1.57. The molecule has 3 rings (SSSR count). The normalized spacial score (nSPS) is 11.4. The first kappa shape index (κ1) is 20.5. The van der Waals surface area contributed by atoms with Crippen LogP contribution in [0.1, 0.15) is 16.1 Å². The van der Waals surface area contributed by atoms with E-state index in [1.165, 1.54) is 18.2 Å². The molecule has 0 spiro atoms. The number of rotatable bonds is 8. The van der Waals surface area contributed by atoms with E-state index in [0.717, 1.165) is 5.56 Å². The minimum absolute atomic E-state index is 0.219.